The van der Waals surface area contributed by atoms with Crippen LogP contribution in [0.3, 0.4) is 0 Å². The van der Waals surface area contributed by atoms with Crippen molar-refractivity contribution in [3.63, 3.8) is 0 Å². The van der Waals surface area contributed by atoms with Crippen LogP contribution in [0.2, 0.25) is 0 Å². The summed E-state index contributed by atoms with van der Waals surface area (Å²) in [5.74, 6) is 0.778. The van der Waals surface area contributed by atoms with E-state index in [9.17, 15) is 0 Å². The van der Waals surface area contributed by atoms with E-state index in [1.54, 1.807) is 0 Å². The Morgan fingerprint density at radius 2 is 1.90 bits per heavy atom. The van der Waals surface area contributed by atoms with Gasteiger partial charge in [-0.1, -0.05) is 13.8 Å². The number of hydrogen-bond acceptors (Lipinski definition) is 2. The lowest BCUT2D eigenvalue weighted by Crippen LogP contribution is -2.31. The molecule has 0 saturated carbocycles. The van der Waals surface area contributed by atoms with Gasteiger partial charge in [-0.15, -0.1) is 0 Å². The van der Waals surface area contributed by atoms with Crippen LogP contribution < -0.4 is 11.1 Å². The van der Waals surface area contributed by atoms with Gasteiger partial charge in [0, 0.05) is 19.1 Å². The van der Waals surface area contributed by atoms with E-state index in [2.05, 4.69) is 26.1 Å². The summed E-state index contributed by atoms with van der Waals surface area (Å²) in [4.78, 5) is 0. The third-order valence-electron chi connectivity index (χ3n) is 1.46. The van der Waals surface area contributed by atoms with E-state index in [4.69, 9.17) is 5.73 Å². The lowest BCUT2D eigenvalue weighted by Gasteiger charge is -2.14. The molecule has 0 radical (unpaired) electrons. The maximum Gasteiger partial charge on any atom is 0.00769 e. The second kappa shape index (κ2) is 5.69. The van der Waals surface area contributed by atoms with Crippen molar-refractivity contribution in [1.82, 2.24) is 5.32 Å². The van der Waals surface area contributed by atoms with Crippen LogP contribution in [0.25, 0.3) is 0 Å². The topological polar surface area (TPSA) is 38.0 Å². The summed E-state index contributed by atoms with van der Waals surface area (Å²) < 4.78 is 0. The Balaban J connectivity index is 3.16. The Morgan fingerprint density at radius 3 is 2.30 bits per heavy atom. The molecule has 0 spiro atoms. The molecule has 0 aliphatic heterocycles. The first-order valence-electron chi connectivity index (χ1n) is 4.10. The molecule has 0 aliphatic rings. The van der Waals surface area contributed by atoms with Crippen molar-refractivity contribution < 1.29 is 0 Å². The lowest BCUT2D eigenvalue weighted by atomic mass is 10.1. The number of hydrogen-bond donors (Lipinski definition) is 2. The molecule has 2 nitrogen and oxygen atoms in total. The Labute approximate surface area is 64.2 Å². The molecule has 0 fully saturated rings. The number of nitrogens with one attached hydrogen (secondary N) is 1. The summed E-state index contributed by atoms with van der Waals surface area (Å²) in [6, 6.07) is 0.614. The van der Waals surface area contributed by atoms with Crippen LogP contribution in [0.5, 0.6) is 0 Å². The Kier molecular flexibility index (Phi) is 5.64. The van der Waals surface area contributed by atoms with E-state index < -0.39 is 0 Å². The van der Waals surface area contributed by atoms with Gasteiger partial charge < -0.3 is 11.1 Å². The van der Waals surface area contributed by atoms with Gasteiger partial charge in [-0.2, -0.15) is 0 Å². The highest BCUT2D eigenvalue weighted by molar-refractivity contribution is 4.62. The fraction of sp³-hybridized carbons (Fsp3) is 1.00. The van der Waals surface area contributed by atoms with Crippen molar-refractivity contribution in [3.8, 4) is 0 Å². The zero-order chi connectivity index (χ0) is 7.98. The molecule has 0 rings (SSSR count). The van der Waals surface area contributed by atoms with E-state index in [0.29, 0.717) is 6.04 Å². The van der Waals surface area contributed by atoms with Gasteiger partial charge in [-0.05, 0) is 19.3 Å². The monoisotopic (exact) mass is 144 g/mol. The van der Waals surface area contributed by atoms with Gasteiger partial charge in [0.2, 0.25) is 0 Å². The molecule has 2 heteroatoms. The summed E-state index contributed by atoms with van der Waals surface area (Å²) in [5, 5.41) is 3.34. The van der Waals surface area contributed by atoms with E-state index in [1.807, 2.05) is 0 Å². The minimum absolute atomic E-state index is 0.614. The van der Waals surface area contributed by atoms with Crippen LogP contribution in [0.15, 0.2) is 0 Å². The molecule has 1 atom stereocenters. The first kappa shape index (κ1) is 9.92. The molecule has 0 bridgehead atoms. The van der Waals surface area contributed by atoms with Gasteiger partial charge in [0.05, 0.1) is 0 Å². The lowest BCUT2D eigenvalue weighted by molar-refractivity contribution is 0.447. The van der Waals surface area contributed by atoms with Crippen LogP contribution in [0.1, 0.15) is 27.2 Å². The molecule has 1 unspecified atom stereocenters. The Morgan fingerprint density at radius 1 is 1.30 bits per heavy atom. The van der Waals surface area contributed by atoms with Crippen LogP contribution in [-0.4, -0.2) is 19.1 Å². The first-order chi connectivity index (χ1) is 4.66. The summed E-state index contributed by atoms with van der Waals surface area (Å²) >= 11 is 0. The summed E-state index contributed by atoms with van der Waals surface area (Å²) in [7, 11) is 0. The second-order valence-corrected chi connectivity index (χ2v) is 3.27. The highest BCUT2D eigenvalue weighted by Crippen LogP contribution is 2.02. The quantitative estimate of drug-likeness (QED) is 0.603. The molecule has 0 aromatic heterocycles. The number of rotatable bonds is 5. The minimum Gasteiger partial charge on any atom is -0.329 e. The predicted molar refractivity (Wildman–Crippen MR) is 46.0 cm³/mol. The highest BCUT2D eigenvalue weighted by Gasteiger charge is 2.01. The van der Waals surface area contributed by atoms with Crippen molar-refractivity contribution in [2.24, 2.45) is 11.7 Å². The van der Waals surface area contributed by atoms with Gasteiger partial charge in [-0.3, -0.25) is 0 Å². The molecule has 0 aromatic carbocycles. The largest absolute Gasteiger partial charge is 0.329 e. The van der Waals surface area contributed by atoms with Gasteiger partial charge in [0.15, 0.2) is 0 Å². The van der Waals surface area contributed by atoms with Gasteiger partial charge >= 0.3 is 0 Å². The van der Waals surface area contributed by atoms with E-state index in [1.165, 1.54) is 6.42 Å². The standard InChI is InChI=1S/C8H20N2/c1-7(2)6-8(3)10-5-4-9/h7-8,10H,4-6,9H2,1-3H3. The van der Waals surface area contributed by atoms with Crippen molar-refractivity contribution in [2.45, 2.75) is 33.2 Å². The van der Waals surface area contributed by atoms with E-state index in [-0.39, 0.29) is 0 Å². The molecule has 10 heavy (non-hydrogen) atoms. The average Bonchev–Trinajstić information content (AvgIpc) is 1.82. The fourth-order valence-electron chi connectivity index (χ4n) is 1.12. The zero-order valence-corrected chi connectivity index (χ0v) is 7.35. The van der Waals surface area contributed by atoms with Gasteiger partial charge in [0.1, 0.15) is 0 Å². The summed E-state index contributed by atoms with van der Waals surface area (Å²) in [5.41, 5.74) is 5.35. The second-order valence-electron chi connectivity index (χ2n) is 3.27. The molecule has 0 heterocycles. The van der Waals surface area contributed by atoms with Crippen LogP contribution in [0, 0.1) is 5.92 Å². The van der Waals surface area contributed by atoms with Crippen LogP contribution >= 0.6 is 0 Å². The van der Waals surface area contributed by atoms with Crippen molar-refractivity contribution in [3.05, 3.63) is 0 Å². The smallest absolute Gasteiger partial charge is 0.00769 e. The van der Waals surface area contributed by atoms with Crippen molar-refractivity contribution in [1.29, 1.82) is 0 Å². The molecule has 0 aliphatic carbocycles. The minimum atomic E-state index is 0.614. The zero-order valence-electron chi connectivity index (χ0n) is 7.35. The fourth-order valence-corrected chi connectivity index (χ4v) is 1.12. The normalized spacial score (nSPS) is 14.1. The SMILES string of the molecule is CC(C)CC(C)NCCN. The maximum absolute atomic E-state index is 5.35. The molecule has 0 amide bonds. The molecule has 0 saturated heterocycles. The van der Waals surface area contributed by atoms with E-state index in [0.717, 1.165) is 19.0 Å². The average molecular weight is 144 g/mol. The Bertz CT molecular complexity index is 71.7. The first-order valence-corrected chi connectivity index (χ1v) is 4.10. The summed E-state index contributed by atoms with van der Waals surface area (Å²) in [6.45, 7) is 8.35. The van der Waals surface area contributed by atoms with Crippen molar-refractivity contribution >= 4 is 0 Å². The molecule has 62 valence electrons. The molecule has 3 N–H and O–H groups in total. The third-order valence-corrected chi connectivity index (χ3v) is 1.46. The van der Waals surface area contributed by atoms with Gasteiger partial charge in [-0.25, -0.2) is 0 Å². The van der Waals surface area contributed by atoms with Crippen LogP contribution in [0.4, 0.5) is 0 Å². The molecular formula is C8H20N2. The molecular weight excluding hydrogens is 124 g/mol. The maximum atomic E-state index is 5.35. The summed E-state index contributed by atoms with van der Waals surface area (Å²) in [6.07, 6.45) is 1.24. The van der Waals surface area contributed by atoms with Gasteiger partial charge in [0.25, 0.3) is 0 Å². The third kappa shape index (κ3) is 6.05. The Hall–Kier alpha value is -0.0800. The highest BCUT2D eigenvalue weighted by atomic mass is 14.9. The van der Waals surface area contributed by atoms with E-state index >= 15 is 0 Å². The predicted octanol–water partition coefficient (Wildman–Crippen LogP) is 0.969. The number of nitrogens with two attached hydrogens (primary N) is 1. The van der Waals surface area contributed by atoms with Crippen LogP contribution in [-0.2, 0) is 0 Å². The van der Waals surface area contributed by atoms with Crippen molar-refractivity contribution in [2.75, 3.05) is 13.1 Å². The molecule has 0 aromatic rings.